The van der Waals surface area contributed by atoms with Gasteiger partial charge in [0.15, 0.2) is 0 Å². The van der Waals surface area contributed by atoms with E-state index in [9.17, 15) is 14.9 Å². The first kappa shape index (κ1) is 17.5. The maximum Gasteiger partial charge on any atom is 0.269 e. The summed E-state index contributed by atoms with van der Waals surface area (Å²) in [6, 6.07) is 4.72. The highest BCUT2D eigenvalue weighted by Crippen LogP contribution is 2.21. The number of thioether (sulfide) groups is 1. The highest BCUT2D eigenvalue weighted by Gasteiger charge is 2.14. The summed E-state index contributed by atoms with van der Waals surface area (Å²) in [5, 5.41) is 13.5. The summed E-state index contributed by atoms with van der Waals surface area (Å²) in [5.74, 6) is 0.836. The van der Waals surface area contributed by atoms with E-state index in [-0.39, 0.29) is 18.1 Å². The van der Waals surface area contributed by atoms with Gasteiger partial charge in [0.2, 0.25) is 5.91 Å². The van der Waals surface area contributed by atoms with E-state index >= 15 is 0 Å². The van der Waals surface area contributed by atoms with Gasteiger partial charge in [0.1, 0.15) is 0 Å². The Kier molecular flexibility index (Phi) is 6.64. The minimum Gasteiger partial charge on any atom is -0.325 e. The summed E-state index contributed by atoms with van der Waals surface area (Å²) in [6.45, 7) is 4.10. The second kappa shape index (κ2) is 7.99. The van der Waals surface area contributed by atoms with E-state index in [0.717, 1.165) is 5.75 Å². The SMILES string of the molecule is CSC[C@H](C)N(C)CC(=O)Nc1ccc([N+](=O)[O-])cc1C. The Morgan fingerprint density at radius 3 is 2.71 bits per heavy atom. The molecule has 0 heterocycles. The molecule has 1 amide bonds. The average molecular weight is 311 g/mol. The number of non-ortho nitro benzene ring substituents is 1. The van der Waals surface area contributed by atoms with Crippen molar-refractivity contribution in [3.63, 3.8) is 0 Å². The quantitative estimate of drug-likeness (QED) is 0.618. The van der Waals surface area contributed by atoms with Crippen LogP contribution in [0.3, 0.4) is 0 Å². The molecule has 7 heteroatoms. The van der Waals surface area contributed by atoms with Crippen LogP contribution in [0, 0.1) is 17.0 Å². The van der Waals surface area contributed by atoms with E-state index < -0.39 is 4.92 Å². The van der Waals surface area contributed by atoms with E-state index in [1.54, 1.807) is 24.8 Å². The van der Waals surface area contributed by atoms with Crippen LogP contribution in [0.25, 0.3) is 0 Å². The summed E-state index contributed by atoms with van der Waals surface area (Å²) in [4.78, 5) is 24.2. The lowest BCUT2D eigenvalue weighted by molar-refractivity contribution is -0.384. The van der Waals surface area contributed by atoms with Crippen molar-refractivity contribution in [2.75, 3.05) is 30.9 Å². The number of rotatable bonds is 7. The first-order chi connectivity index (χ1) is 9.85. The number of aryl methyl sites for hydroxylation is 1. The van der Waals surface area contributed by atoms with E-state index in [1.807, 2.05) is 18.2 Å². The highest BCUT2D eigenvalue weighted by atomic mass is 32.2. The lowest BCUT2D eigenvalue weighted by Crippen LogP contribution is -2.37. The molecule has 1 N–H and O–H groups in total. The number of hydrogen-bond acceptors (Lipinski definition) is 5. The summed E-state index contributed by atoms with van der Waals surface area (Å²) in [7, 11) is 1.91. The largest absolute Gasteiger partial charge is 0.325 e. The third-order valence-electron chi connectivity index (χ3n) is 3.25. The van der Waals surface area contributed by atoms with Gasteiger partial charge in [-0.3, -0.25) is 19.8 Å². The van der Waals surface area contributed by atoms with Gasteiger partial charge in [-0.15, -0.1) is 0 Å². The van der Waals surface area contributed by atoms with Gasteiger partial charge in [0.05, 0.1) is 11.5 Å². The number of nitro benzene ring substituents is 1. The normalized spacial score (nSPS) is 12.2. The Morgan fingerprint density at radius 1 is 1.52 bits per heavy atom. The van der Waals surface area contributed by atoms with Crippen LogP contribution < -0.4 is 5.32 Å². The molecule has 0 spiro atoms. The molecule has 0 radical (unpaired) electrons. The second-order valence-electron chi connectivity index (χ2n) is 5.02. The molecule has 0 saturated carbocycles. The van der Waals surface area contributed by atoms with Crippen molar-refractivity contribution in [1.82, 2.24) is 4.90 Å². The van der Waals surface area contributed by atoms with Gasteiger partial charge in [-0.25, -0.2) is 0 Å². The molecule has 6 nitrogen and oxygen atoms in total. The summed E-state index contributed by atoms with van der Waals surface area (Å²) >= 11 is 1.74. The Balaban J connectivity index is 2.65. The van der Waals surface area contributed by atoms with Crippen LogP contribution in [0.4, 0.5) is 11.4 Å². The Hall–Kier alpha value is -1.60. The van der Waals surface area contributed by atoms with Crippen molar-refractivity contribution in [2.24, 2.45) is 0 Å². The van der Waals surface area contributed by atoms with Crippen LogP contribution in [0.1, 0.15) is 12.5 Å². The molecule has 116 valence electrons. The monoisotopic (exact) mass is 311 g/mol. The molecular formula is C14H21N3O3S. The molecule has 0 unspecified atom stereocenters. The average Bonchev–Trinajstić information content (AvgIpc) is 2.40. The second-order valence-corrected chi connectivity index (χ2v) is 5.93. The van der Waals surface area contributed by atoms with E-state index in [4.69, 9.17) is 0 Å². The van der Waals surface area contributed by atoms with Crippen molar-refractivity contribution in [2.45, 2.75) is 19.9 Å². The van der Waals surface area contributed by atoms with Crippen LogP contribution >= 0.6 is 11.8 Å². The Labute approximate surface area is 129 Å². The molecule has 0 aliphatic rings. The molecular weight excluding hydrogens is 290 g/mol. The molecule has 0 aliphatic heterocycles. The van der Waals surface area contributed by atoms with Crippen LogP contribution in [0.2, 0.25) is 0 Å². The third-order valence-corrected chi connectivity index (χ3v) is 4.06. The van der Waals surface area contributed by atoms with Gasteiger partial charge in [-0.1, -0.05) is 0 Å². The maximum atomic E-state index is 12.0. The molecule has 0 fully saturated rings. The third kappa shape index (κ3) is 5.35. The fourth-order valence-electron chi connectivity index (χ4n) is 1.84. The predicted octanol–water partition coefficient (Wildman–Crippen LogP) is 2.53. The number of carbonyl (C=O) groups is 1. The number of anilines is 1. The van der Waals surface area contributed by atoms with Gasteiger partial charge in [0.25, 0.3) is 5.69 Å². The number of nitro groups is 1. The van der Waals surface area contributed by atoms with Gasteiger partial charge >= 0.3 is 0 Å². The van der Waals surface area contributed by atoms with E-state index in [2.05, 4.69) is 12.2 Å². The van der Waals surface area contributed by atoms with Gasteiger partial charge in [0, 0.05) is 29.6 Å². The van der Waals surface area contributed by atoms with Gasteiger partial charge in [-0.05, 0) is 38.8 Å². The van der Waals surface area contributed by atoms with Crippen molar-refractivity contribution in [3.8, 4) is 0 Å². The molecule has 1 atom stereocenters. The van der Waals surface area contributed by atoms with Crippen molar-refractivity contribution >= 4 is 29.0 Å². The van der Waals surface area contributed by atoms with Crippen molar-refractivity contribution < 1.29 is 9.72 Å². The van der Waals surface area contributed by atoms with E-state index in [0.29, 0.717) is 17.3 Å². The summed E-state index contributed by atoms with van der Waals surface area (Å²) < 4.78 is 0. The standard InChI is InChI=1S/C14H21N3O3S/c1-10-7-12(17(19)20)5-6-13(10)15-14(18)8-16(3)11(2)9-21-4/h5-7,11H,8-9H2,1-4H3,(H,15,18)/t11-/m0/s1. The molecule has 21 heavy (non-hydrogen) atoms. The molecule has 1 aromatic carbocycles. The Bertz CT molecular complexity index is 522. The first-order valence-electron chi connectivity index (χ1n) is 6.59. The highest BCUT2D eigenvalue weighted by molar-refractivity contribution is 7.98. The summed E-state index contributed by atoms with van der Waals surface area (Å²) in [6.07, 6.45) is 2.03. The van der Waals surface area contributed by atoms with Crippen molar-refractivity contribution in [3.05, 3.63) is 33.9 Å². The number of amides is 1. The number of nitrogens with one attached hydrogen (secondary N) is 1. The Morgan fingerprint density at radius 2 is 2.19 bits per heavy atom. The summed E-state index contributed by atoms with van der Waals surface area (Å²) in [5.41, 5.74) is 1.31. The lowest BCUT2D eigenvalue weighted by atomic mass is 10.2. The van der Waals surface area contributed by atoms with Crippen LogP contribution in [0.5, 0.6) is 0 Å². The number of carbonyl (C=O) groups excluding carboxylic acids is 1. The smallest absolute Gasteiger partial charge is 0.269 e. The molecule has 0 bridgehead atoms. The van der Waals surface area contributed by atoms with Gasteiger partial charge < -0.3 is 5.32 Å². The zero-order valence-electron chi connectivity index (χ0n) is 12.8. The topological polar surface area (TPSA) is 75.5 Å². The fraction of sp³-hybridized carbons (Fsp3) is 0.500. The number of hydrogen-bond donors (Lipinski definition) is 1. The van der Waals surface area contributed by atoms with Crippen LogP contribution in [-0.2, 0) is 4.79 Å². The number of benzene rings is 1. The predicted molar refractivity (Wildman–Crippen MR) is 86.9 cm³/mol. The lowest BCUT2D eigenvalue weighted by Gasteiger charge is -2.23. The van der Waals surface area contributed by atoms with Crippen LogP contribution in [-0.4, -0.2) is 47.4 Å². The van der Waals surface area contributed by atoms with Crippen molar-refractivity contribution in [1.29, 1.82) is 0 Å². The first-order valence-corrected chi connectivity index (χ1v) is 7.98. The molecule has 1 aromatic rings. The molecule has 0 saturated heterocycles. The van der Waals surface area contributed by atoms with Crippen LogP contribution in [0.15, 0.2) is 18.2 Å². The number of nitrogens with zero attached hydrogens (tertiary/aromatic N) is 2. The minimum atomic E-state index is -0.448. The van der Waals surface area contributed by atoms with E-state index in [1.165, 1.54) is 12.1 Å². The fourth-order valence-corrected chi connectivity index (χ4v) is 2.58. The molecule has 0 aliphatic carbocycles. The maximum absolute atomic E-state index is 12.0. The molecule has 1 rings (SSSR count). The minimum absolute atomic E-state index is 0.0243. The molecule has 0 aromatic heterocycles. The number of likely N-dealkylation sites (N-methyl/N-ethyl adjacent to an activating group) is 1. The zero-order chi connectivity index (χ0) is 16.0. The van der Waals surface area contributed by atoms with Gasteiger partial charge in [-0.2, -0.15) is 11.8 Å². The zero-order valence-corrected chi connectivity index (χ0v) is 13.6.